The molecule has 6 heteroatoms. The highest BCUT2D eigenvalue weighted by Crippen LogP contribution is 2.02. The van der Waals surface area contributed by atoms with Crippen LogP contribution in [0.15, 0.2) is 0 Å². The second kappa shape index (κ2) is 5.09. The van der Waals surface area contributed by atoms with E-state index in [9.17, 15) is 9.59 Å². The molecule has 0 aromatic carbocycles. The number of carbonyl (C=O) groups is 2. The van der Waals surface area contributed by atoms with Gasteiger partial charge >= 0.3 is 5.97 Å². The van der Waals surface area contributed by atoms with Crippen molar-refractivity contribution in [3.05, 3.63) is 0 Å². The van der Waals surface area contributed by atoms with Gasteiger partial charge in [0.25, 0.3) is 0 Å². The van der Waals surface area contributed by atoms with Crippen molar-refractivity contribution < 1.29 is 14.7 Å². The normalized spacial score (nSPS) is 20.0. The molecule has 3 N–H and O–H groups in total. The first-order chi connectivity index (χ1) is 7.00. The number of carbonyl (C=O) groups excluding carboxylic acids is 1. The van der Waals surface area contributed by atoms with Crippen LogP contribution in [-0.4, -0.2) is 65.5 Å². The van der Waals surface area contributed by atoms with Crippen LogP contribution in [0.2, 0.25) is 0 Å². The van der Waals surface area contributed by atoms with E-state index < -0.39 is 12.0 Å². The van der Waals surface area contributed by atoms with Crippen LogP contribution in [0.3, 0.4) is 0 Å². The first-order valence-corrected chi connectivity index (χ1v) is 4.99. The molecular formula is C9H17N3O3. The predicted molar refractivity (Wildman–Crippen MR) is 54.3 cm³/mol. The summed E-state index contributed by atoms with van der Waals surface area (Å²) >= 11 is 0. The van der Waals surface area contributed by atoms with E-state index in [1.807, 2.05) is 4.90 Å². The highest BCUT2D eigenvalue weighted by Gasteiger charge is 2.23. The van der Waals surface area contributed by atoms with Gasteiger partial charge in [0, 0.05) is 26.2 Å². The average molecular weight is 215 g/mol. The predicted octanol–water partition coefficient (Wildman–Crippen LogP) is -1.44. The van der Waals surface area contributed by atoms with E-state index in [0.717, 1.165) is 0 Å². The Morgan fingerprint density at radius 2 is 1.87 bits per heavy atom. The molecule has 0 spiro atoms. The Labute approximate surface area is 88.6 Å². The molecule has 0 aromatic rings. The van der Waals surface area contributed by atoms with Crippen molar-refractivity contribution in [3.8, 4) is 0 Å². The van der Waals surface area contributed by atoms with Crippen LogP contribution in [0.4, 0.5) is 0 Å². The van der Waals surface area contributed by atoms with Crippen molar-refractivity contribution in [2.75, 3.05) is 32.7 Å². The maximum Gasteiger partial charge on any atom is 0.317 e. The largest absolute Gasteiger partial charge is 0.480 e. The van der Waals surface area contributed by atoms with E-state index >= 15 is 0 Å². The lowest BCUT2D eigenvalue weighted by molar-refractivity contribution is -0.139. The van der Waals surface area contributed by atoms with Gasteiger partial charge in [0.2, 0.25) is 5.91 Å². The molecule has 1 rings (SSSR count). The third-order valence-corrected chi connectivity index (χ3v) is 2.43. The zero-order chi connectivity index (χ0) is 11.4. The standard InChI is InChI=1S/C9H17N3O3/c1-7(10)9(15)12-4-2-11(3-5-12)6-8(13)14/h7H,2-6,10H2,1H3,(H,13,14)/t7-/m1/s1. The van der Waals surface area contributed by atoms with Gasteiger partial charge in [-0.15, -0.1) is 0 Å². The van der Waals surface area contributed by atoms with Crippen molar-refractivity contribution in [2.45, 2.75) is 13.0 Å². The second-order valence-corrected chi connectivity index (χ2v) is 3.78. The van der Waals surface area contributed by atoms with Gasteiger partial charge in [0.15, 0.2) is 0 Å². The number of piperazine rings is 1. The zero-order valence-electron chi connectivity index (χ0n) is 8.85. The Hall–Kier alpha value is -1.14. The quantitative estimate of drug-likeness (QED) is 0.602. The van der Waals surface area contributed by atoms with Crippen molar-refractivity contribution in [1.82, 2.24) is 9.80 Å². The average Bonchev–Trinajstić information content (AvgIpc) is 2.17. The van der Waals surface area contributed by atoms with Gasteiger partial charge in [-0.2, -0.15) is 0 Å². The van der Waals surface area contributed by atoms with E-state index in [1.54, 1.807) is 11.8 Å². The van der Waals surface area contributed by atoms with Gasteiger partial charge in [-0.3, -0.25) is 14.5 Å². The highest BCUT2D eigenvalue weighted by atomic mass is 16.4. The maximum atomic E-state index is 11.5. The summed E-state index contributed by atoms with van der Waals surface area (Å²) < 4.78 is 0. The number of amides is 1. The highest BCUT2D eigenvalue weighted by molar-refractivity contribution is 5.81. The molecule has 1 amide bonds. The number of aliphatic carboxylic acids is 1. The van der Waals surface area contributed by atoms with Crippen LogP contribution < -0.4 is 5.73 Å². The molecule has 1 fully saturated rings. The second-order valence-electron chi connectivity index (χ2n) is 3.78. The first-order valence-electron chi connectivity index (χ1n) is 4.99. The summed E-state index contributed by atoms with van der Waals surface area (Å²) in [6.45, 7) is 4.03. The SMILES string of the molecule is C[C@@H](N)C(=O)N1CCN(CC(=O)O)CC1. The van der Waals surface area contributed by atoms with Crippen molar-refractivity contribution in [1.29, 1.82) is 0 Å². The van der Waals surface area contributed by atoms with Gasteiger partial charge in [-0.05, 0) is 6.92 Å². The van der Waals surface area contributed by atoms with E-state index in [-0.39, 0.29) is 12.5 Å². The van der Waals surface area contributed by atoms with Crippen molar-refractivity contribution in [2.24, 2.45) is 5.73 Å². The minimum Gasteiger partial charge on any atom is -0.480 e. The van der Waals surface area contributed by atoms with Gasteiger partial charge in [0.1, 0.15) is 0 Å². The molecule has 0 aliphatic carbocycles. The number of carboxylic acid groups (broad SMARTS) is 1. The number of nitrogens with two attached hydrogens (primary N) is 1. The molecule has 1 aliphatic rings. The van der Waals surface area contributed by atoms with Gasteiger partial charge < -0.3 is 15.7 Å². The van der Waals surface area contributed by atoms with E-state index in [0.29, 0.717) is 26.2 Å². The van der Waals surface area contributed by atoms with Crippen LogP contribution in [0.1, 0.15) is 6.92 Å². The number of carboxylic acids is 1. The summed E-state index contributed by atoms with van der Waals surface area (Å²) in [4.78, 5) is 25.4. The molecule has 1 heterocycles. The minimum atomic E-state index is -0.832. The molecule has 6 nitrogen and oxygen atoms in total. The topological polar surface area (TPSA) is 86.9 Å². The van der Waals surface area contributed by atoms with Crippen molar-refractivity contribution >= 4 is 11.9 Å². The van der Waals surface area contributed by atoms with Crippen molar-refractivity contribution in [3.63, 3.8) is 0 Å². The summed E-state index contributed by atoms with van der Waals surface area (Å²) in [7, 11) is 0. The Morgan fingerprint density at radius 3 is 2.27 bits per heavy atom. The first kappa shape index (κ1) is 11.9. The summed E-state index contributed by atoms with van der Waals surface area (Å²) in [5.74, 6) is -0.896. The van der Waals surface area contributed by atoms with E-state index in [2.05, 4.69) is 0 Å². The zero-order valence-corrected chi connectivity index (χ0v) is 8.85. The fraction of sp³-hybridized carbons (Fsp3) is 0.778. The molecule has 0 bridgehead atoms. The van der Waals surface area contributed by atoms with Gasteiger partial charge in [0.05, 0.1) is 12.6 Å². The van der Waals surface area contributed by atoms with E-state index in [4.69, 9.17) is 10.8 Å². The molecule has 15 heavy (non-hydrogen) atoms. The molecule has 0 unspecified atom stereocenters. The molecule has 1 aliphatic heterocycles. The number of nitrogens with zero attached hydrogens (tertiary/aromatic N) is 2. The smallest absolute Gasteiger partial charge is 0.317 e. The van der Waals surface area contributed by atoms with Crippen LogP contribution in [0.5, 0.6) is 0 Å². The van der Waals surface area contributed by atoms with Crippen LogP contribution in [0.25, 0.3) is 0 Å². The van der Waals surface area contributed by atoms with Crippen LogP contribution in [0, 0.1) is 0 Å². The number of hydrogen-bond acceptors (Lipinski definition) is 4. The summed E-state index contributed by atoms with van der Waals surface area (Å²) in [5.41, 5.74) is 5.48. The lowest BCUT2D eigenvalue weighted by Gasteiger charge is -2.34. The van der Waals surface area contributed by atoms with Gasteiger partial charge in [-0.1, -0.05) is 0 Å². The monoisotopic (exact) mass is 215 g/mol. The molecular weight excluding hydrogens is 198 g/mol. The van der Waals surface area contributed by atoms with Crippen LogP contribution in [-0.2, 0) is 9.59 Å². The fourth-order valence-corrected chi connectivity index (χ4v) is 1.61. The lowest BCUT2D eigenvalue weighted by Crippen LogP contribution is -2.53. The fourth-order valence-electron chi connectivity index (χ4n) is 1.61. The molecule has 1 atom stereocenters. The molecule has 0 radical (unpaired) electrons. The Morgan fingerprint density at radius 1 is 1.33 bits per heavy atom. The lowest BCUT2D eigenvalue weighted by atomic mass is 10.2. The Kier molecular flexibility index (Phi) is 4.05. The Bertz CT molecular complexity index is 247. The minimum absolute atomic E-state index is 0.0419. The third kappa shape index (κ3) is 3.49. The third-order valence-electron chi connectivity index (χ3n) is 2.43. The summed E-state index contributed by atoms with van der Waals surface area (Å²) in [6, 6.07) is -0.476. The number of hydrogen-bond donors (Lipinski definition) is 2. The maximum absolute atomic E-state index is 11.5. The van der Waals surface area contributed by atoms with Gasteiger partial charge in [-0.25, -0.2) is 0 Å². The Balaban J connectivity index is 2.35. The molecule has 1 saturated heterocycles. The van der Waals surface area contributed by atoms with E-state index in [1.165, 1.54) is 0 Å². The summed E-state index contributed by atoms with van der Waals surface area (Å²) in [5, 5.41) is 8.59. The molecule has 0 aromatic heterocycles. The number of rotatable bonds is 3. The molecule has 86 valence electrons. The molecule has 0 saturated carbocycles. The summed E-state index contributed by atoms with van der Waals surface area (Å²) in [6.07, 6.45) is 0. The van der Waals surface area contributed by atoms with Crippen LogP contribution >= 0.6 is 0 Å².